The highest BCUT2D eigenvalue weighted by Gasteiger charge is 2.42. The van der Waals surface area contributed by atoms with E-state index in [9.17, 15) is 9.90 Å². The number of benzene rings is 3. The summed E-state index contributed by atoms with van der Waals surface area (Å²) in [6, 6.07) is 25.2. The molecule has 3 aromatic rings. The summed E-state index contributed by atoms with van der Waals surface area (Å²) in [7, 11) is 0. The number of hydrogen-bond acceptors (Lipinski definition) is 1. The lowest BCUT2D eigenvalue weighted by molar-refractivity contribution is -0.142. The van der Waals surface area contributed by atoms with Crippen LogP contribution in [0.4, 0.5) is 0 Å². The largest absolute Gasteiger partial charge is 0.480 e. The van der Waals surface area contributed by atoms with Crippen molar-refractivity contribution in [1.29, 1.82) is 0 Å². The molecule has 0 spiro atoms. The smallest absolute Gasteiger partial charge is 0.318 e. The molecule has 2 nitrogen and oxygen atoms in total. The van der Waals surface area contributed by atoms with E-state index in [1.54, 1.807) is 0 Å². The first-order valence-corrected chi connectivity index (χ1v) is 8.45. The van der Waals surface area contributed by atoms with Crippen molar-refractivity contribution in [1.82, 2.24) is 0 Å². The third-order valence-corrected chi connectivity index (χ3v) is 4.98. The molecule has 0 aliphatic carbocycles. The fourth-order valence-corrected chi connectivity index (χ4v) is 3.53. The highest BCUT2D eigenvalue weighted by molar-refractivity contribution is 5.86. The number of carboxylic acids is 1. The average Bonchev–Trinajstić information content (AvgIpc) is 2.63. The van der Waals surface area contributed by atoms with Crippen LogP contribution in [0.5, 0.6) is 0 Å². The Kier molecular flexibility index (Phi) is 4.71. The minimum absolute atomic E-state index is 0.425. The highest BCUT2D eigenvalue weighted by Crippen LogP contribution is 2.37. The van der Waals surface area contributed by atoms with E-state index in [1.807, 2.05) is 92.7 Å². The van der Waals surface area contributed by atoms with E-state index in [4.69, 9.17) is 0 Å². The van der Waals surface area contributed by atoms with Gasteiger partial charge in [0.15, 0.2) is 0 Å². The molecule has 3 rings (SSSR count). The summed E-state index contributed by atoms with van der Waals surface area (Å²) in [4.78, 5) is 12.6. The Morgan fingerprint density at radius 1 is 0.760 bits per heavy atom. The predicted molar refractivity (Wildman–Crippen MR) is 101 cm³/mol. The third kappa shape index (κ3) is 3.08. The zero-order valence-corrected chi connectivity index (χ0v) is 14.6. The van der Waals surface area contributed by atoms with Gasteiger partial charge in [-0.25, -0.2) is 0 Å². The van der Waals surface area contributed by atoms with Gasteiger partial charge in [-0.05, 0) is 48.1 Å². The van der Waals surface area contributed by atoms with E-state index in [2.05, 4.69) is 0 Å². The molecule has 0 radical (unpaired) electrons. The second-order valence-electron chi connectivity index (χ2n) is 6.49. The van der Waals surface area contributed by atoms with E-state index in [-0.39, 0.29) is 0 Å². The summed E-state index contributed by atoms with van der Waals surface area (Å²) in [6.45, 7) is 4.09. The Bertz CT molecular complexity index is 807. The van der Waals surface area contributed by atoms with Gasteiger partial charge in [0.25, 0.3) is 0 Å². The summed E-state index contributed by atoms with van der Waals surface area (Å²) < 4.78 is 0. The highest BCUT2D eigenvalue weighted by atomic mass is 16.4. The van der Waals surface area contributed by atoms with Crippen molar-refractivity contribution in [2.45, 2.75) is 25.7 Å². The molecule has 1 N–H and O–H groups in total. The maximum Gasteiger partial charge on any atom is 0.318 e. The molecule has 2 heteroatoms. The lowest BCUT2D eigenvalue weighted by Gasteiger charge is -2.32. The standard InChI is InChI=1S/C23H22O2/c1-17-10-9-11-18(2)21(17)16-23(22(24)25,19-12-5-3-6-13-19)20-14-7-4-8-15-20/h3-15H,16H2,1-2H3,(H,24,25). The first-order chi connectivity index (χ1) is 12.1. The lowest BCUT2D eigenvalue weighted by atomic mass is 9.69. The van der Waals surface area contributed by atoms with Gasteiger partial charge in [-0.3, -0.25) is 4.79 Å². The molecule has 0 amide bonds. The molecule has 0 aliphatic rings. The SMILES string of the molecule is Cc1cccc(C)c1CC(C(=O)O)(c1ccccc1)c1ccccc1. The van der Waals surface area contributed by atoms with Gasteiger partial charge < -0.3 is 5.11 Å². The molecular formula is C23H22O2. The van der Waals surface area contributed by atoms with Gasteiger partial charge in [0.1, 0.15) is 5.41 Å². The van der Waals surface area contributed by atoms with Crippen molar-refractivity contribution in [2.24, 2.45) is 0 Å². The molecule has 126 valence electrons. The normalized spacial score (nSPS) is 11.3. The van der Waals surface area contributed by atoms with Gasteiger partial charge in [0.05, 0.1) is 0 Å². The van der Waals surface area contributed by atoms with E-state index >= 15 is 0 Å². The minimum Gasteiger partial charge on any atom is -0.480 e. The Morgan fingerprint density at radius 2 is 1.20 bits per heavy atom. The maximum atomic E-state index is 12.6. The summed E-state index contributed by atoms with van der Waals surface area (Å²) >= 11 is 0. The fourth-order valence-electron chi connectivity index (χ4n) is 3.53. The molecule has 3 aromatic carbocycles. The quantitative estimate of drug-likeness (QED) is 0.721. The minimum atomic E-state index is -1.11. The van der Waals surface area contributed by atoms with Crippen molar-refractivity contribution < 1.29 is 9.90 Å². The van der Waals surface area contributed by atoms with Crippen LogP contribution in [0.25, 0.3) is 0 Å². The zero-order chi connectivity index (χ0) is 17.9. The van der Waals surface area contributed by atoms with Crippen molar-refractivity contribution in [3.05, 3.63) is 107 Å². The van der Waals surface area contributed by atoms with E-state index in [0.717, 1.165) is 27.8 Å². The number of hydrogen-bond donors (Lipinski definition) is 1. The van der Waals surface area contributed by atoms with Gasteiger partial charge in [-0.2, -0.15) is 0 Å². The van der Waals surface area contributed by atoms with Crippen LogP contribution in [0, 0.1) is 13.8 Å². The molecule has 0 atom stereocenters. The van der Waals surface area contributed by atoms with Gasteiger partial charge >= 0.3 is 5.97 Å². The van der Waals surface area contributed by atoms with Crippen LogP contribution in [0.1, 0.15) is 27.8 Å². The summed E-state index contributed by atoms with van der Waals surface area (Å²) in [5.41, 5.74) is 3.83. The molecular weight excluding hydrogens is 308 g/mol. The lowest BCUT2D eigenvalue weighted by Crippen LogP contribution is -2.39. The van der Waals surface area contributed by atoms with Gasteiger partial charge in [-0.1, -0.05) is 78.9 Å². The first kappa shape index (κ1) is 17.0. The summed E-state index contributed by atoms with van der Waals surface area (Å²) in [6.07, 6.45) is 0.425. The molecule has 0 bridgehead atoms. The van der Waals surface area contributed by atoms with Crippen LogP contribution >= 0.6 is 0 Å². The fraction of sp³-hybridized carbons (Fsp3) is 0.174. The van der Waals surface area contributed by atoms with E-state index in [0.29, 0.717) is 6.42 Å². The molecule has 0 unspecified atom stereocenters. The Labute approximate surface area is 148 Å². The van der Waals surface area contributed by atoms with E-state index in [1.165, 1.54) is 0 Å². The van der Waals surface area contributed by atoms with Crippen molar-refractivity contribution in [3.63, 3.8) is 0 Å². The van der Waals surface area contributed by atoms with Crippen molar-refractivity contribution >= 4 is 5.97 Å². The molecule has 0 aliphatic heterocycles. The van der Waals surface area contributed by atoms with Gasteiger partial charge in [-0.15, -0.1) is 0 Å². The second-order valence-corrected chi connectivity index (χ2v) is 6.49. The van der Waals surface area contributed by atoms with Crippen LogP contribution in [0.3, 0.4) is 0 Å². The average molecular weight is 330 g/mol. The van der Waals surface area contributed by atoms with Crippen molar-refractivity contribution in [2.75, 3.05) is 0 Å². The van der Waals surface area contributed by atoms with Gasteiger partial charge in [0, 0.05) is 0 Å². The first-order valence-electron chi connectivity index (χ1n) is 8.45. The molecule has 25 heavy (non-hydrogen) atoms. The van der Waals surface area contributed by atoms with Crippen LogP contribution in [0.2, 0.25) is 0 Å². The Hall–Kier alpha value is -2.87. The zero-order valence-electron chi connectivity index (χ0n) is 14.6. The Morgan fingerprint density at radius 3 is 1.60 bits per heavy atom. The monoisotopic (exact) mass is 330 g/mol. The van der Waals surface area contributed by atoms with Crippen molar-refractivity contribution in [3.8, 4) is 0 Å². The number of carbonyl (C=O) groups is 1. The molecule has 0 aromatic heterocycles. The van der Waals surface area contributed by atoms with Crippen LogP contribution < -0.4 is 0 Å². The maximum absolute atomic E-state index is 12.6. The summed E-state index contributed by atoms with van der Waals surface area (Å²) in [5.74, 6) is -0.826. The third-order valence-electron chi connectivity index (χ3n) is 4.98. The molecule has 0 saturated carbocycles. The second kappa shape index (κ2) is 6.94. The van der Waals surface area contributed by atoms with Crippen LogP contribution in [-0.2, 0) is 16.6 Å². The summed E-state index contributed by atoms with van der Waals surface area (Å²) in [5, 5.41) is 10.4. The number of aryl methyl sites for hydroxylation is 2. The predicted octanol–water partition coefficient (Wildman–Crippen LogP) is 4.92. The molecule has 0 saturated heterocycles. The number of rotatable bonds is 5. The Balaban J connectivity index is 2.27. The van der Waals surface area contributed by atoms with Crippen LogP contribution in [-0.4, -0.2) is 11.1 Å². The van der Waals surface area contributed by atoms with Crippen LogP contribution in [0.15, 0.2) is 78.9 Å². The number of aliphatic carboxylic acids is 1. The molecule has 0 heterocycles. The molecule has 0 fully saturated rings. The number of carboxylic acid groups (broad SMARTS) is 1. The topological polar surface area (TPSA) is 37.3 Å². The van der Waals surface area contributed by atoms with E-state index < -0.39 is 11.4 Å². The van der Waals surface area contributed by atoms with Gasteiger partial charge in [0.2, 0.25) is 0 Å².